The maximum absolute atomic E-state index is 10.8. The monoisotopic (exact) mass is 247 g/mol. The highest BCUT2D eigenvalue weighted by atomic mass is 16.1. The number of anilines is 1. The number of hydrogen-bond acceptors (Lipinski definition) is 5. The van der Waals surface area contributed by atoms with E-state index in [1.165, 1.54) is 6.20 Å². The molecular weight excluding hydrogens is 234 g/mol. The lowest BCUT2D eigenvalue weighted by Gasteiger charge is -2.05. The Bertz CT molecular complexity index is 615. The first kappa shape index (κ1) is 11.9. The highest BCUT2D eigenvalue weighted by Gasteiger charge is 2.06. The van der Waals surface area contributed by atoms with Crippen molar-refractivity contribution in [3.8, 4) is 6.07 Å². The predicted octanol–water partition coefficient (Wildman–Crippen LogP) is -0.252. The van der Waals surface area contributed by atoms with Crippen molar-refractivity contribution in [3.05, 3.63) is 28.1 Å². The minimum atomic E-state index is -0.295. The summed E-state index contributed by atoms with van der Waals surface area (Å²) >= 11 is 0. The van der Waals surface area contributed by atoms with Crippen LogP contribution in [-0.4, -0.2) is 31.5 Å². The minimum Gasteiger partial charge on any atom is -0.369 e. The number of H-pyrrole nitrogens is 2. The summed E-state index contributed by atoms with van der Waals surface area (Å²) in [5.41, 5.74) is 0.224. The maximum atomic E-state index is 10.8. The van der Waals surface area contributed by atoms with Gasteiger partial charge in [-0.15, -0.1) is 0 Å². The smallest absolute Gasteiger partial charge is 0.340 e. The fourth-order valence-electron chi connectivity index (χ4n) is 1.62. The molecule has 0 amide bonds. The molecule has 2 heterocycles. The summed E-state index contributed by atoms with van der Waals surface area (Å²) in [5, 5.41) is 22.1. The molecule has 0 aliphatic heterocycles. The van der Waals surface area contributed by atoms with Gasteiger partial charge in [0.2, 0.25) is 0 Å². The summed E-state index contributed by atoms with van der Waals surface area (Å²) in [4.78, 5) is 13.4. The molecule has 8 heteroatoms. The van der Waals surface area contributed by atoms with Gasteiger partial charge in [-0.1, -0.05) is 0 Å². The van der Waals surface area contributed by atoms with E-state index in [9.17, 15) is 4.79 Å². The number of nitrogens with zero attached hydrogens (tertiary/aromatic N) is 4. The number of aromatic amines is 2. The molecule has 3 N–H and O–H groups in total. The van der Waals surface area contributed by atoms with Crippen LogP contribution in [0.4, 0.5) is 5.82 Å². The Morgan fingerprint density at radius 2 is 2.44 bits per heavy atom. The van der Waals surface area contributed by atoms with E-state index in [1.807, 2.05) is 0 Å². The molecule has 0 radical (unpaired) electrons. The van der Waals surface area contributed by atoms with Gasteiger partial charge in [-0.2, -0.15) is 15.5 Å². The van der Waals surface area contributed by atoms with Gasteiger partial charge < -0.3 is 5.32 Å². The lowest BCUT2D eigenvalue weighted by atomic mass is 10.3. The molecule has 2 aromatic rings. The van der Waals surface area contributed by atoms with Crippen LogP contribution in [0.3, 0.4) is 0 Å². The van der Waals surface area contributed by atoms with Gasteiger partial charge in [0.25, 0.3) is 0 Å². The number of rotatable bonds is 5. The van der Waals surface area contributed by atoms with Gasteiger partial charge in [-0.05, 0) is 6.42 Å². The summed E-state index contributed by atoms with van der Waals surface area (Å²) in [5.74, 6) is 1.33. The zero-order valence-corrected chi connectivity index (χ0v) is 9.90. The van der Waals surface area contributed by atoms with Gasteiger partial charge >= 0.3 is 5.69 Å². The summed E-state index contributed by atoms with van der Waals surface area (Å²) in [6.45, 7) is 0.670. The summed E-state index contributed by atoms with van der Waals surface area (Å²) in [6, 6.07) is 2.07. The van der Waals surface area contributed by atoms with E-state index in [4.69, 9.17) is 5.26 Å². The van der Waals surface area contributed by atoms with Crippen molar-refractivity contribution in [3.63, 3.8) is 0 Å². The van der Waals surface area contributed by atoms with Crippen LogP contribution in [0.15, 0.2) is 11.0 Å². The summed E-state index contributed by atoms with van der Waals surface area (Å²) < 4.78 is 1.62. The topological polar surface area (TPSA) is 115 Å². The van der Waals surface area contributed by atoms with Crippen molar-refractivity contribution in [2.45, 2.75) is 12.8 Å². The SMILES string of the molecule is Cn1ncc(C#N)c1NCCCc1n[nH]c(=O)[nH]1. The fraction of sp³-hybridized carbons (Fsp3) is 0.400. The van der Waals surface area contributed by atoms with Gasteiger partial charge in [0.15, 0.2) is 0 Å². The Morgan fingerprint density at radius 1 is 1.61 bits per heavy atom. The molecular formula is C10H13N7O. The van der Waals surface area contributed by atoms with Gasteiger partial charge in [0.05, 0.1) is 6.20 Å². The molecule has 94 valence electrons. The van der Waals surface area contributed by atoms with E-state index >= 15 is 0 Å². The molecule has 0 aromatic carbocycles. The van der Waals surface area contributed by atoms with Crippen LogP contribution < -0.4 is 11.0 Å². The van der Waals surface area contributed by atoms with Crippen LogP contribution in [0, 0.1) is 11.3 Å². The molecule has 0 bridgehead atoms. The van der Waals surface area contributed by atoms with Gasteiger partial charge in [0, 0.05) is 20.0 Å². The molecule has 0 saturated heterocycles. The second-order valence-electron chi connectivity index (χ2n) is 3.80. The second-order valence-corrected chi connectivity index (χ2v) is 3.80. The molecule has 0 aliphatic carbocycles. The van der Waals surface area contributed by atoms with Gasteiger partial charge in [-0.3, -0.25) is 9.67 Å². The van der Waals surface area contributed by atoms with Gasteiger partial charge in [-0.25, -0.2) is 9.89 Å². The maximum Gasteiger partial charge on any atom is 0.340 e. The molecule has 0 aliphatic rings. The minimum absolute atomic E-state index is 0.295. The van der Waals surface area contributed by atoms with Crippen LogP contribution >= 0.6 is 0 Å². The molecule has 0 unspecified atom stereocenters. The molecule has 18 heavy (non-hydrogen) atoms. The highest BCUT2D eigenvalue weighted by molar-refractivity contribution is 5.51. The molecule has 2 rings (SSSR count). The zero-order chi connectivity index (χ0) is 13.0. The molecule has 0 saturated carbocycles. The van der Waals surface area contributed by atoms with E-state index in [2.05, 4.69) is 31.7 Å². The number of hydrogen-bond donors (Lipinski definition) is 3. The Morgan fingerprint density at radius 3 is 3.11 bits per heavy atom. The lowest BCUT2D eigenvalue weighted by molar-refractivity contribution is 0.753. The van der Waals surface area contributed by atoms with Crippen molar-refractivity contribution < 1.29 is 0 Å². The first-order chi connectivity index (χ1) is 8.70. The first-order valence-corrected chi connectivity index (χ1v) is 5.50. The highest BCUT2D eigenvalue weighted by Crippen LogP contribution is 2.12. The van der Waals surface area contributed by atoms with Crippen molar-refractivity contribution in [1.82, 2.24) is 25.0 Å². The van der Waals surface area contributed by atoms with E-state index in [-0.39, 0.29) is 5.69 Å². The normalized spacial score (nSPS) is 10.2. The molecule has 0 spiro atoms. The zero-order valence-electron chi connectivity index (χ0n) is 9.90. The average Bonchev–Trinajstić information content (AvgIpc) is 2.92. The third kappa shape index (κ3) is 2.57. The predicted molar refractivity (Wildman–Crippen MR) is 63.9 cm³/mol. The van der Waals surface area contributed by atoms with Crippen LogP contribution in [-0.2, 0) is 13.5 Å². The number of nitriles is 1. The largest absolute Gasteiger partial charge is 0.369 e. The van der Waals surface area contributed by atoms with E-state index in [0.717, 1.165) is 6.42 Å². The van der Waals surface area contributed by atoms with E-state index in [1.54, 1.807) is 11.7 Å². The van der Waals surface area contributed by atoms with Crippen LogP contribution in [0.2, 0.25) is 0 Å². The number of aryl methyl sites for hydroxylation is 2. The average molecular weight is 247 g/mol. The van der Waals surface area contributed by atoms with Crippen molar-refractivity contribution in [2.24, 2.45) is 7.05 Å². The molecule has 8 nitrogen and oxygen atoms in total. The number of aromatic nitrogens is 5. The van der Waals surface area contributed by atoms with Crippen molar-refractivity contribution in [1.29, 1.82) is 5.26 Å². The molecule has 0 atom stereocenters. The first-order valence-electron chi connectivity index (χ1n) is 5.50. The van der Waals surface area contributed by atoms with E-state index < -0.39 is 0 Å². The Labute approximate surface area is 103 Å². The summed E-state index contributed by atoms with van der Waals surface area (Å²) in [6.07, 6.45) is 2.97. The number of nitrogens with one attached hydrogen (secondary N) is 3. The Hall–Kier alpha value is -2.56. The fourth-order valence-corrected chi connectivity index (χ4v) is 1.62. The van der Waals surface area contributed by atoms with Crippen LogP contribution in [0.25, 0.3) is 0 Å². The third-order valence-electron chi connectivity index (χ3n) is 2.49. The standard InChI is InChI=1S/C10H13N7O/c1-17-9(7(5-11)6-13-17)12-4-2-3-8-14-10(18)16-15-8/h6,12H,2-4H2,1H3,(H2,14,15,16,18). The summed E-state index contributed by atoms with van der Waals surface area (Å²) in [7, 11) is 1.77. The third-order valence-corrected chi connectivity index (χ3v) is 2.49. The quantitative estimate of drug-likeness (QED) is 0.630. The second kappa shape index (κ2) is 5.18. The molecule has 0 fully saturated rings. The van der Waals surface area contributed by atoms with E-state index in [0.29, 0.717) is 30.2 Å². The Balaban J connectivity index is 1.84. The molecule has 2 aromatic heterocycles. The Kier molecular flexibility index (Phi) is 3.43. The lowest BCUT2D eigenvalue weighted by Crippen LogP contribution is -2.09. The van der Waals surface area contributed by atoms with Crippen LogP contribution in [0.1, 0.15) is 17.8 Å². The van der Waals surface area contributed by atoms with Crippen LogP contribution in [0.5, 0.6) is 0 Å². The van der Waals surface area contributed by atoms with Gasteiger partial charge in [0.1, 0.15) is 23.3 Å². The van der Waals surface area contributed by atoms with Crippen molar-refractivity contribution in [2.75, 3.05) is 11.9 Å². The van der Waals surface area contributed by atoms with Crippen molar-refractivity contribution >= 4 is 5.82 Å².